The first-order valence-electron chi connectivity index (χ1n) is 6.53. The Morgan fingerprint density at radius 1 is 1.40 bits per heavy atom. The van der Waals surface area contributed by atoms with E-state index < -0.39 is 11.9 Å². The lowest BCUT2D eigenvalue weighted by Crippen LogP contribution is -2.21. The molecule has 0 saturated carbocycles. The number of aromatic nitrogens is 2. The van der Waals surface area contributed by atoms with Gasteiger partial charge in [-0.05, 0) is 18.6 Å². The molecule has 2 rings (SSSR count). The van der Waals surface area contributed by atoms with Crippen molar-refractivity contribution in [3.05, 3.63) is 11.8 Å². The molecule has 2 heterocycles. The van der Waals surface area contributed by atoms with Gasteiger partial charge < -0.3 is 10.6 Å². The Bertz CT molecular complexity index is 447. The number of nitrogens with one attached hydrogen (secondary N) is 2. The topological polar surface area (TPSA) is 49.8 Å². The SMILES string of the molecule is CCCNc1nc(NC2CCSC2)cc(C(F)(F)F)n1. The summed E-state index contributed by atoms with van der Waals surface area (Å²) in [6.07, 6.45) is -2.73. The van der Waals surface area contributed by atoms with Crippen LogP contribution in [0.2, 0.25) is 0 Å². The smallest absolute Gasteiger partial charge is 0.366 e. The summed E-state index contributed by atoms with van der Waals surface area (Å²) in [4.78, 5) is 7.63. The van der Waals surface area contributed by atoms with Gasteiger partial charge in [-0.3, -0.25) is 0 Å². The third kappa shape index (κ3) is 4.16. The number of alkyl halides is 3. The van der Waals surface area contributed by atoms with Crippen LogP contribution in [0, 0.1) is 0 Å². The van der Waals surface area contributed by atoms with Gasteiger partial charge in [-0.2, -0.15) is 29.9 Å². The van der Waals surface area contributed by atoms with Crippen LogP contribution in [0.1, 0.15) is 25.5 Å². The molecule has 1 atom stereocenters. The van der Waals surface area contributed by atoms with Crippen molar-refractivity contribution in [2.24, 2.45) is 0 Å². The number of anilines is 2. The molecule has 1 unspecified atom stereocenters. The fourth-order valence-corrected chi connectivity index (χ4v) is 2.99. The number of rotatable bonds is 5. The summed E-state index contributed by atoms with van der Waals surface area (Å²) in [5.74, 6) is 2.17. The molecular formula is C12H17F3N4S. The van der Waals surface area contributed by atoms with Gasteiger partial charge in [0, 0.05) is 24.4 Å². The Morgan fingerprint density at radius 2 is 2.20 bits per heavy atom. The summed E-state index contributed by atoms with van der Waals surface area (Å²) in [5.41, 5.74) is -0.917. The Morgan fingerprint density at radius 3 is 2.80 bits per heavy atom. The second kappa shape index (κ2) is 6.51. The zero-order valence-corrected chi connectivity index (χ0v) is 11.9. The average molecular weight is 306 g/mol. The average Bonchev–Trinajstić information content (AvgIpc) is 2.88. The molecule has 4 nitrogen and oxygen atoms in total. The summed E-state index contributed by atoms with van der Waals surface area (Å²) >= 11 is 1.79. The van der Waals surface area contributed by atoms with Gasteiger partial charge >= 0.3 is 6.18 Å². The molecule has 0 bridgehead atoms. The van der Waals surface area contributed by atoms with Crippen LogP contribution in [-0.4, -0.2) is 34.1 Å². The van der Waals surface area contributed by atoms with Crippen molar-refractivity contribution in [3.63, 3.8) is 0 Å². The van der Waals surface area contributed by atoms with E-state index in [0.29, 0.717) is 6.54 Å². The molecular weight excluding hydrogens is 289 g/mol. The first-order chi connectivity index (χ1) is 9.49. The van der Waals surface area contributed by atoms with E-state index in [9.17, 15) is 13.2 Å². The van der Waals surface area contributed by atoms with Crippen molar-refractivity contribution < 1.29 is 13.2 Å². The zero-order valence-electron chi connectivity index (χ0n) is 11.1. The maximum absolute atomic E-state index is 12.8. The minimum Gasteiger partial charge on any atom is -0.366 e. The number of thioether (sulfide) groups is 1. The standard InChI is InChI=1S/C12H17F3N4S/c1-2-4-16-11-18-9(12(13,14)15)6-10(19-11)17-8-3-5-20-7-8/h6,8H,2-5,7H2,1H3,(H2,16,17,18,19). The number of hydrogen-bond donors (Lipinski definition) is 2. The van der Waals surface area contributed by atoms with Crippen molar-refractivity contribution in [2.75, 3.05) is 28.7 Å². The monoisotopic (exact) mass is 306 g/mol. The molecule has 0 aliphatic carbocycles. The molecule has 112 valence electrons. The second-order valence-corrected chi connectivity index (χ2v) is 5.74. The quantitative estimate of drug-likeness (QED) is 0.874. The van der Waals surface area contributed by atoms with Crippen molar-refractivity contribution in [2.45, 2.75) is 32.0 Å². The van der Waals surface area contributed by atoms with Crippen LogP contribution < -0.4 is 10.6 Å². The van der Waals surface area contributed by atoms with E-state index in [2.05, 4.69) is 20.6 Å². The maximum Gasteiger partial charge on any atom is 0.433 e. The third-order valence-electron chi connectivity index (χ3n) is 2.83. The molecule has 2 N–H and O–H groups in total. The predicted octanol–water partition coefficient (Wildman–Crippen LogP) is 3.23. The lowest BCUT2D eigenvalue weighted by atomic mass is 10.2. The normalized spacial score (nSPS) is 19.1. The molecule has 1 aliphatic rings. The van der Waals surface area contributed by atoms with Crippen LogP contribution in [0.5, 0.6) is 0 Å². The highest BCUT2D eigenvalue weighted by Gasteiger charge is 2.34. The molecule has 1 saturated heterocycles. The highest BCUT2D eigenvalue weighted by Crippen LogP contribution is 2.30. The van der Waals surface area contributed by atoms with Crippen LogP contribution in [0.3, 0.4) is 0 Å². The van der Waals surface area contributed by atoms with Crippen molar-refractivity contribution >= 4 is 23.5 Å². The highest BCUT2D eigenvalue weighted by molar-refractivity contribution is 7.99. The second-order valence-electron chi connectivity index (χ2n) is 4.59. The summed E-state index contributed by atoms with van der Waals surface area (Å²) in [5, 5.41) is 5.86. The lowest BCUT2D eigenvalue weighted by Gasteiger charge is -2.15. The number of halogens is 3. The minimum atomic E-state index is -4.47. The third-order valence-corrected chi connectivity index (χ3v) is 3.99. The van der Waals surface area contributed by atoms with E-state index in [1.54, 1.807) is 11.8 Å². The van der Waals surface area contributed by atoms with E-state index in [1.165, 1.54) is 0 Å². The summed E-state index contributed by atoms with van der Waals surface area (Å²) in [6.45, 7) is 2.47. The summed E-state index contributed by atoms with van der Waals surface area (Å²) < 4.78 is 38.5. The molecule has 0 radical (unpaired) electrons. The molecule has 0 amide bonds. The Hall–Kier alpha value is -1.18. The molecule has 0 spiro atoms. The maximum atomic E-state index is 12.8. The summed E-state index contributed by atoms with van der Waals surface area (Å²) in [6, 6.07) is 1.15. The van der Waals surface area contributed by atoms with Gasteiger partial charge in [-0.1, -0.05) is 6.92 Å². The van der Waals surface area contributed by atoms with E-state index in [4.69, 9.17) is 0 Å². The molecule has 1 fully saturated rings. The fraction of sp³-hybridized carbons (Fsp3) is 0.667. The van der Waals surface area contributed by atoms with Crippen molar-refractivity contribution in [1.29, 1.82) is 0 Å². The predicted molar refractivity (Wildman–Crippen MR) is 75.2 cm³/mol. The molecule has 1 aromatic heterocycles. The lowest BCUT2D eigenvalue weighted by molar-refractivity contribution is -0.141. The Kier molecular flexibility index (Phi) is 4.95. The first-order valence-corrected chi connectivity index (χ1v) is 7.69. The van der Waals surface area contributed by atoms with E-state index >= 15 is 0 Å². The van der Waals surface area contributed by atoms with Gasteiger partial charge in [-0.15, -0.1) is 0 Å². The molecule has 20 heavy (non-hydrogen) atoms. The van der Waals surface area contributed by atoms with E-state index in [-0.39, 0.29) is 17.8 Å². The Labute approximate surface area is 120 Å². The van der Waals surface area contributed by atoms with Gasteiger partial charge in [0.15, 0.2) is 5.69 Å². The minimum absolute atomic E-state index is 0.0230. The van der Waals surface area contributed by atoms with Gasteiger partial charge in [0.05, 0.1) is 0 Å². The van der Waals surface area contributed by atoms with Crippen LogP contribution in [0.4, 0.5) is 24.9 Å². The number of nitrogens with zero attached hydrogens (tertiary/aromatic N) is 2. The first kappa shape index (κ1) is 15.2. The van der Waals surface area contributed by atoms with Gasteiger partial charge in [-0.25, -0.2) is 4.98 Å². The van der Waals surface area contributed by atoms with Crippen LogP contribution in [0.25, 0.3) is 0 Å². The highest BCUT2D eigenvalue weighted by atomic mass is 32.2. The van der Waals surface area contributed by atoms with Gasteiger partial charge in [0.2, 0.25) is 5.95 Å². The van der Waals surface area contributed by atoms with Crippen LogP contribution >= 0.6 is 11.8 Å². The van der Waals surface area contributed by atoms with Crippen LogP contribution in [-0.2, 0) is 6.18 Å². The van der Waals surface area contributed by atoms with Crippen molar-refractivity contribution in [3.8, 4) is 0 Å². The van der Waals surface area contributed by atoms with Crippen molar-refractivity contribution in [1.82, 2.24) is 9.97 Å². The zero-order chi connectivity index (χ0) is 14.6. The number of hydrogen-bond acceptors (Lipinski definition) is 5. The van der Waals surface area contributed by atoms with Crippen LogP contribution in [0.15, 0.2) is 6.07 Å². The van der Waals surface area contributed by atoms with Gasteiger partial charge in [0.25, 0.3) is 0 Å². The summed E-state index contributed by atoms with van der Waals surface area (Å²) in [7, 11) is 0. The molecule has 1 aliphatic heterocycles. The molecule has 0 aromatic carbocycles. The Balaban J connectivity index is 2.19. The van der Waals surface area contributed by atoms with E-state index in [0.717, 1.165) is 30.4 Å². The largest absolute Gasteiger partial charge is 0.433 e. The molecule has 1 aromatic rings. The van der Waals surface area contributed by atoms with E-state index in [1.807, 2.05) is 6.92 Å². The fourth-order valence-electron chi connectivity index (χ4n) is 1.84. The van der Waals surface area contributed by atoms with Gasteiger partial charge in [0.1, 0.15) is 5.82 Å². The molecule has 8 heteroatoms.